The van der Waals surface area contributed by atoms with Gasteiger partial charge in [-0.3, -0.25) is 14.5 Å². The molecule has 74 valence electrons. The van der Waals surface area contributed by atoms with Crippen LogP contribution in [0.2, 0.25) is 0 Å². The lowest BCUT2D eigenvalue weighted by Gasteiger charge is -2.09. The van der Waals surface area contributed by atoms with E-state index in [1.807, 2.05) is 0 Å². The highest BCUT2D eigenvalue weighted by molar-refractivity contribution is 7.09. The Balaban J connectivity index is 2.16. The molecule has 1 saturated heterocycles. The van der Waals surface area contributed by atoms with E-state index in [0.29, 0.717) is 5.13 Å². The summed E-state index contributed by atoms with van der Waals surface area (Å²) in [5, 5.41) is 7.45. The number of amides is 2. The summed E-state index contributed by atoms with van der Waals surface area (Å²) in [6.07, 6.45) is 0.148. The number of nitrogens with two attached hydrogens (primary N) is 1. The van der Waals surface area contributed by atoms with Crippen LogP contribution in [-0.2, 0) is 9.59 Å². The van der Waals surface area contributed by atoms with E-state index in [1.165, 1.54) is 4.90 Å². The van der Waals surface area contributed by atoms with Gasteiger partial charge in [-0.25, -0.2) is 0 Å². The van der Waals surface area contributed by atoms with Crippen molar-refractivity contribution in [1.82, 2.24) is 14.8 Å². The second kappa shape index (κ2) is 3.29. The van der Waals surface area contributed by atoms with Crippen LogP contribution in [-0.4, -0.2) is 33.2 Å². The third-order valence-corrected chi connectivity index (χ3v) is 2.67. The molecular weight excluding hydrogens is 206 g/mol. The van der Waals surface area contributed by atoms with Crippen molar-refractivity contribution in [2.45, 2.75) is 6.42 Å². The first-order valence-corrected chi connectivity index (χ1v) is 4.70. The Morgan fingerprint density at radius 2 is 2.43 bits per heavy atom. The molecule has 0 bridgehead atoms. The summed E-state index contributed by atoms with van der Waals surface area (Å²) in [6.45, 7) is 0.283. The molecule has 1 atom stereocenters. The van der Waals surface area contributed by atoms with E-state index in [9.17, 15) is 9.59 Å². The molecule has 1 aromatic rings. The zero-order valence-corrected chi connectivity index (χ0v) is 7.90. The summed E-state index contributed by atoms with van der Waals surface area (Å²) in [5.41, 5.74) is 5.11. The predicted molar refractivity (Wildman–Crippen MR) is 47.4 cm³/mol. The minimum atomic E-state index is -0.460. The molecule has 0 spiro atoms. The molecule has 1 unspecified atom stereocenters. The van der Waals surface area contributed by atoms with Gasteiger partial charge >= 0.3 is 0 Å². The van der Waals surface area contributed by atoms with Crippen LogP contribution < -0.4 is 10.6 Å². The first-order valence-electron chi connectivity index (χ1n) is 3.93. The highest BCUT2D eigenvalue weighted by Gasteiger charge is 2.35. The van der Waals surface area contributed by atoms with Crippen molar-refractivity contribution in [2.75, 3.05) is 11.4 Å². The second-order valence-corrected chi connectivity index (χ2v) is 3.66. The van der Waals surface area contributed by atoms with Crippen LogP contribution >= 0.6 is 11.5 Å². The Morgan fingerprint density at radius 3 is 2.93 bits per heavy atom. The number of hydrogen-bond acceptors (Lipinski definition) is 6. The highest BCUT2D eigenvalue weighted by Crippen LogP contribution is 2.24. The number of nitrogens with zero attached hydrogens (tertiary/aromatic N) is 4. The smallest absolute Gasteiger partial charge is 0.234 e. The van der Waals surface area contributed by atoms with Gasteiger partial charge in [0.1, 0.15) is 0 Å². The summed E-state index contributed by atoms with van der Waals surface area (Å²) in [5.74, 6) is -1.04. The van der Waals surface area contributed by atoms with Gasteiger partial charge in [-0.15, -0.1) is 0 Å². The third kappa shape index (κ3) is 1.43. The number of anilines is 1. The molecule has 2 heterocycles. The summed E-state index contributed by atoms with van der Waals surface area (Å²) >= 11 is 1.02. The van der Waals surface area contributed by atoms with Crippen LogP contribution in [0.1, 0.15) is 6.42 Å². The molecule has 1 aromatic heterocycles. The number of carbonyl (C=O) groups is 2. The van der Waals surface area contributed by atoms with E-state index < -0.39 is 11.8 Å². The van der Waals surface area contributed by atoms with Crippen molar-refractivity contribution in [2.24, 2.45) is 11.7 Å². The minimum absolute atomic E-state index is 0.148. The fraction of sp³-hybridized carbons (Fsp3) is 0.500. The molecular formula is C6H7N5O2S. The van der Waals surface area contributed by atoms with Gasteiger partial charge in [-0.2, -0.15) is 0 Å². The topological polar surface area (TPSA) is 102 Å². The zero-order valence-electron chi connectivity index (χ0n) is 7.08. The maximum Gasteiger partial charge on any atom is 0.234 e. The van der Waals surface area contributed by atoms with Crippen molar-refractivity contribution < 1.29 is 9.59 Å². The van der Waals surface area contributed by atoms with E-state index in [0.717, 1.165) is 11.5 Å². The fourth-order valence-electron chi connectivity index (χ4n) is 1.32. The van der Waals surface area contributed by atoms with Crippen molar-refractivity contribution in [1.29, 1.82) is 0 Å². The molecule has 8 heteroatoms. The number of hydrogen-bond donors (Lipinski definition) is 1. The average molecular weight is 213 g/mol. The SMILES string of the molecule is NC(=O)C1CC(=O)N(c2nnns2)C1. The van der Waals surface area contributed by atoms with Gasteiger partial charge in [-0.1, -0.05) is 9.59 Å². The van der Waals surface area contributed by atoms with Crippen LogP contribution in [0.25, 0.3) is 0 Å². The number of primary amides is 1. The van der Waals surface area contributed by atoms with E-state index >= 15 is 0 Å². The van der Waals surface area contributed by atoms with Gasteiger partial charge in [0.05, 0.1) is 5.92 Å². The Bertz CT molecular complexity index is 364. The minimum Gasteiger partial charge on any atom is -0.369 e. The zero-order chi connectivity index (χ0) is 10.1. The number of aromatic nitrogens is 3. The molecule has 2 amide bonds. The lowest BCUT2D eigenvalue weighted by molar-refractivity contribution is -0.123. The van der Waals surface area contributed by atoms with Gasteiger partial charge < -0.3 is 5.73 Å². The number of rotatable bonds is 2. The molecule has 0 aromatic carbocycles. The first kappa shape index (κ1) is 9.00. The number of carbonyl (C=O) groups excluding carboxylic acids is 2. The van der Waals surface area contributed by atoms with Gasteiger partial charge in [0.25, 0.3) is 0 Å². The van der Waals surface area contributed by atoms with Crippen LogP contribution in [0, 0.1) is 5.92 Å². The molecule has 14 heavy (non-hydrogen) atoms. The van der Waals surface area contributed by atoms with Crippen molar-refractivity contribution in [3.05, 3.63) is 0 Å². The molecule has 1 fully saturated rings. The van der Waals surface area contributed by atoms with Crippen LogP contribution in [0.3, 0.4) is 0 Å². The molecule has 2 N–H and O–H groups in total. The second-order valence-electron chi connectivity index (χ2n) is 2.95. The summed E-state index contributed by atoms with van der Waals surface area (Å²) in [6, 6.07) is 0. The highest BCUT2D eigenvalue weighted by atomic mass is 32.1. The molecule has 1 aliphatic heterocycles. The fourth-order valence-corrected chi connectivity index (χ4v) is 1.81. The van der Waals surface area contributed by atoms with Crippen molar-refractivity contribution >= 4 is 28.5 Å². The lowest BCUT2D eigenvalue weighted by atomic mass is 10.1. The van der Waals surface area contributed by atoms with Crippen molar-refractivity contribution in [3.63, 3.8) is 0 Å². The Hall–Kier alpha value is -1.57. The Morgan fingerprint density at radius 1 is 1.64 bits per heavy atom. The molecule has 0 saturated carbocycles. The Labute approximate surface area is 83.1 Å². The maximum absolute atomic E-state index is 11.4. The van der Waals surface area contributed by atoms with Crippen LogP contribution in [0.5, 0.6) is 0 Å². The predicted octanol–water partition coefficient (Wildman–Crippen LogP) is -1.23. The Kier molecular flexibility index (Phi) is 2.12. The molecule has 7 nitrogen and oxygen atoms in total. The quantitative estimate of drug-likeness (QED) is 0.662. The monoisotopic (exact) mass is 213 g/mol. The lowest BCUT2D eigenvalue weighted by Crippen LogP contribution is -2.28. The largest absolute Gasteiger partial charge is 0.369 e. The summed E-state index contributed by atoms with van der Waals surface area (Å²) < 4.78 is 3.54. The molecule has 2 rings (SSSR count). The third-order valence-electron chi connectivity index (χ3n) is 2.05. The van der Waals surface area contributed by atoms with E-state index in [1.54, 1.807) is 0 Å². The van der Waals surface area contributed by atoms with E-state index in [2.05, 4.69) is 14.8 Å². The average Bonchev–Trinajstić information content (AvgIpc) is 2.71. The first-order chi connectivity index (χ1) is 6.68. The van der Waals surface area contributed by atoms with Crippen LogP contribution in [0.15, 0.2) is 0 Å². The van der Waals surface area contributed by atoms with E-state index in [4.69, 9.17) is 5.73 Å². The molecule has 1 aliphatic rings. The summed E-state index contributed by atoms with van der Waals surface area (Å²) in [7, 11) is 0. The maximum atomic E-state index is 11.4. The summed E-state index contributed by atoms with van der Waals surface area (Å²) in [4.78, 5) is 23.7. The van der Waals surface area contributed by atoms with E-state index in [-0.39, 0.29) is 18.9 Å². The van der Waals surface area contributed by atoms with Crippen LogP contribution in [0.4, 0.5) is 5.13 Å². The van der Waals surface area contributed by atoms with Gasteiger partial charge in [-0.05, 0) is 5.21 Å². The molecule has 0 radical (unpaired) electrons. The van der Waals surface area contributed by atoms with Crippen molar-refractivity contribution in [3.8, 4) is 0 Å². The normalized spacial score (nSPS) is 21.6. The van der Waals surface area contributed by atoms with Gasteiger partial charge in [0.2, 0.25) is 16.9 Å². The van der Waals surface area contributed by atoms with Gasteiger partial charge in [0, 0.05) is 24.5 Å². The van der Waals surface area contributed by atoms with Gasteiger partial charge in [0.15, 0.2) is 0 Å². The standard InChI is InChI=1S/C6H7N5O2S/c7-5(13)3-1-4(12)11(2-3)6-8-9-10-14-6/h3H,1-2H2,(H2,7,13). The molecule has 0 aliphatic carbocycles.